The van der Waals surface area contributed by atoms with E-state index in [1.165, 1.54) is 0 Å². The maximum atomic E-state index is 11.9. The number of carbonyl (C=O) groups excluding carboxylic acids is 1. The Balaban J connectivity index is 1.75. The molecule has 1 atom stereocenters. The Morgan fingerprint density at radius 1 is 1.00 bits per heavy atom. The lowest BCUT2D eigenvalue weighted by molar-refractivity contribution is -0.0813. The lowest BCUT2D eigenvalue weighted by atomic mass is 10.0. The molecule has 0 spiro atoms. The number of carbonyl (C=O) groups is 1. The van der Waals surface area contributed by atoms with Crippen LogP contribution in [-0.2, 0) is 16.1 Å². The molecular weight excluding hydrogens is 308 g/mol. The van der Waals surface area contributed by atoms with Gasteiger partial charge >= 0.3 is 5.97 Å². The van der Waals surface area contributed by atoms with Gasteiger partial charge < -0.3 is 19.7 Å². The number of benzene rings is 2. The van der Waals surface area contributed by atoms with Gasteiger partial charge in [-0.25, -0.2) is 4.79 Å². The van der Waals surface area contributed by atoms with Gasteiger partial charge in [0.1, 0.15) is 12.2 Å². The molecule has 0 aliphatic rings. The summed E-state index contributed by atoms with van der Waals surface area (Å²) in [5.41, 5.74) is -0.0835. The van der Waals surface area contributed by atoms with Gasteiger partial charge in [0.25, 0.3) is 0 Å². The van der Waals surface area contributed by atoms with E-state index in [1.54, 1.807) is 30.3 Å². The zero-order valence-electron chi connectivity index (χ0n) is 13.4. The molecule has 0 amide bonds. The van der Waals surface area contributed by atoms with Crippen LogP contribution in [0.1, 0.15) is 22.3 Å². The highest BCUT2D eigenvalue weighted by atomic mass is 16.5. The molecule has 2 aromatic carbocycles. The minimum Gasteiger partial charge on any atom is -0.459 e. The van der Waals surface area contributed by atoms with Gasteiger partial charge in [0.15, 0.2) is 0 Å². The lowest BCUT2D eigenvalue weighted by Gasteiger charge is -2.25. The van der Waals surface area contributed by atoms with E-state index in [4.69, 9.17) is 9.47 Å². The molecule has 0 aliphatic heterocycles. The van der Waals surface area contributed by atoms with Crippen LogP contribution in [0.4, 0.5) is 0 Å². The Bertz CT molecular complexity index is 614. The molecule has 0 aromatic heterocycles. The molecule has 0 radical (unpaired) electrons. The summed E-state index contributed by atoms with van der Waals surface area (Å²) in [4.78, 5) is 11.9. The van der Waals surface area contributed by atoms with Crippen molar-refractivity contribution in [1.29, 1.82) is 0 Å². The van der Waals surface area contributed by atoms with Gasteiger partial charge in [0, 0.05) is 13.0 Å². The third kappa shape index (κ3) is 5.77. The van der Waals surface area contributed by atoms with E-state index in [1.807, 2.05) is 30.3 Å². The SMILES string of the molecule is O=C(OC[C@](O)(CO)CCOCc1ccccc1)c1ccccc1. The van der Waals surface area contributed by atoms with Crippen LogP contribution in [0, 0.1) is 0 Å². The normalized spacial score (nSPS) is 13.2. The zero-order chi connectivity index (χ0) is 17.3. The van der Waals surface area contributed by atoms with E-state index >= 15 is 0 Å². The Morgan fingerprint density at radius 2 is 1.62 bits per heavy atom. The van der Waals surface area contributed by atoms with E-state index < -0.39 is 18.2 Å². The van der Waals surface area contributed by atoms with Crippen molar-refractivity contribution in [2.24, 2.45) is 0 Å². The number of aliphatic hydroxyl groups excluding tert-OH is 1. The topological polar surface area (TPSA) is 76.0 Å². The number of hydrogen-bond donors (Lipinski definition) is 2. The lowest BCUT2D eigenvalue weighted by Crippen LogP contribution is -2.40. The number of rotatable bonds is 9. The maximum absolute atomic E-state index is 11.9. The summed E-state index contributed by atoms with van der Waals surface area (Å²) in [7, 11) is 0. The highest BCUT2D eigenvalue weighted by molar-refractivity contribution is 5.89. The van der Waals surface area contributed by atoms with Crippen LogP contribution < -0.4 is 0 Å². The number of ether oxygens (including phenoxy) is 2. The predicted octanol–water partition coefficient (Wildman–Crippen LogP) is 2.17. The minimum absolute atomic E-state index is 0.165. The van der Waals surface area contributed by atoms with E-state index in [9.17, 15) is 15.0 Å². The van der Waals surface area contributed by atoms with Crippen LogP contribution in [0.3, 0.4) is 0 Å². The van der Waals surface area contributed by atoms with Gasteiger partial charge in [-0.15, -0.1) is 0 Å². The monoisotopic (exact) mass is 330 g/mol. The van der Waals surface area contributed by atoms with Gasteiger partial charge in [-0.3, -0.25) is 0 Å². The molecule has 0 saturated heterocycles. The molecule has 2 aromatic rings. The fraction of sp³-hybridized carbons (Fsp3) is 0.316. The largest absolute Gasteiger partial charge is 0.459 e. The van der Waals surface area contributed by atoms with Crippen molar-refractivity contribution < 1.29 is 24.5 Å². The third-order valence-electron chi connectivity index (χ3n) is 3.60. The van der Waals surface area contributed by atoms with Crippen molar-refractivity contribution in [2.45, 2.75) is 18.6 Å². The molecule has 5 nitrogen and oxygen atoms in total. The first-order chi connectivity index (χ1) is 11.6. The Kier molecular flexibility index (Phi) is 6.93. The molecule has 0 heterocycles. The summed E-state index contributed by atoms with van der Waals surface area (Å²) >= 11 is 0. The van der Waals surface area contributed by atoms with Crippen LogP contribution in [0.25, 0.3) is 0 Å². The molecule has 2 rings (SSSR count). The van der Waals surface area contributed by atoms with Crippen LogP contribution in [-0.4, -0.2) is 41.6 Å². The molecule has 24 heavy (non-hydrogen) atoms. The average molecular weight is 330 g/mol. The molecule has 2 N–H and O–H groups in total. The van der Waals surface area contributed by atoms with E-state index in [-0.39, 0.29) is 19.6 Å². The molecule has 0 unspecified atom stereocenters. The average Bonchev–Trinajstić information content (AvgIpc) is 2.65. The molecule has 0 bridgehead atoms. The van der Waals surface area contributed by atoms with Gasteiger partial charge in [0.2, 0.25) is 0 Å². The maximum Gasteiger partial charge on any atom is 0.338 e. The van der Waals surface area contributed by atoms with E-state index in [0.717, 1.165) is 5.56 Å². The number of hydrogen-bond acceptors (Lipinski definition) is 5. The number of aliphatic hydroxyl groups is 2. The highest BCUT2D eigenvalue weighted by Crippen LogP contribution is 2.13. The summed E-state index contributed by atoms with van der Waals surface area (Å²) in [6.45, 7) is -0.128. The van der Waals surface area contributed by atoms with Gasteiger partial charge in [-0.1, -0.05) is 48.5 Å². The van der Waals surface area contributed by atoms with Crippen molar-refractivity contribution in [3.05, 3.63) is 71.8 Å². The second-order valence-corrected chi connectivity index (χ2v) is 5.61. The van der Waals surface area contributed by atoms with Gasteiger partial charge in [-0.05, 0) is 17.7 Å². The Morgan fingerprint density at radius 3 is 2.25 bits per heavy atom. The molecular formula is C19H22O5. The highest BCUT2D eigenvalue weighted by Gasteiger charge is 2.28. The quantitative estimate of drug-likeness (QED) is 0.544. The summed E-state index contributed by atoms with van der Waals surface area (Å²) in [5.74, 6) is -0.535. The zero-order valence-corrected chi connectivity index (χ0v) is 13.4. The van der Waals surface area contributed by atoms with E-state index in [2.05, 4.69) is 0 Å². The standard InChI is InChI=1S/C19H22O5/c20-14-19(22,11-12-23-13-16-7-3-1-4-8-16)15-24-18(21)17-9-5-2-6-10-17/h1-10,20,22H,11-15H2/t19-/m1/s1. The van der Waals surface area contributed by atoms with Gasteiger partial charge in [0.05, 0.1) is 18.8 Å². The van der Waals surface area contributed by atoms with Gasteiger partial charge in [-0.2, -0.15) is 0 Å². The summed E-state index contributed by atoms with van der Waals surface area (Å²) in [6.07, 6.45) is 0.165. The molecule has 0 saturated carbocycles. The summed E-state index contributed by atoms with van der Waals surface area (Å²) in [6, 6.07) is 18.2. The summed E-state index contributed by atoms with van der Waals surface area (Å²) in [5, 5.41) is 19.7. The van der Waals surface area contributed by atoms with Crippen molar-refractivity contribution >= 4 is 5.97 Å². The van der Waals surface area contributed by atoms with Crippen LogP contribution in [0.5, 0.6) is 0 Å². The van der Waals surface area contributed by atoms with Crippen LogP contribution in [0.15, 0.2) is 60.7 Å². The number of esters is 1. The first-order valence-corrected chi connectivity index (χ1v) is 7.80. The first-order valence-electron chi connectivity index (χ1n) is 7.80. The second kappa shape index (κ2) is 9.17. The van der Waals surface area contributed by atoms with Crippen LogP contribution in [0.2, 0.25) is 0 Å². The van der Waals surface area contributed by atoms with Crippen molar-refractivity contribution in [2.75, 3.05) is 19.8 Å². The molecule has 0 fully saturated rings. The fourth-order valence-corrected chi connectivity index (χ4v) is 2.08. The second-order valence-electron chi connectivity index (χ2n) is 5.61. The molecule has 128 valence electrons. The smallest absolute Gasteiger partial charge is 0.338 e. The minimum atomic E-state index is -1.51. The first kappa shape index (κ1) is 18.1. The van der Waals surface area contributed by atoms with Crippen molar-refractivity contribution in [3.8, 4) is 0 Å². The summed E-state index contributed by atoms with van der Waals surface area (Å²) < 4.78 is 10.6. The van der Waals surface area contributed by atoms with E-state index in [0.29, 0.717) is 12.2 Å². The molecule has 0 aliphatic carbocycles. The Hall–Kier alpha value is -2.21. The molecule has 5 heteroatoms. The third-order valence-corrected chi connectivity index (χ3v) is 3.60. The fourth-order valence-electron chi connectivity index (χ4n) is 2.08. The Labute approximate surface area is 141 Å². The van der Waals surface area contributed by atoms with Crippen LogP contribution >= 0.6 is 0 Å². The van der Waals surface area contributed by atoms with Crippen molar-refractivity contribution in [1.82, 2.24) is 0 Å². The van der Waals surface area contributed by atoms with Crippen molar-refractivity contribution in [3.63, 3.8) is 0 Å². The predicted molar refractivity (Wildman–Crippen MR) is 89.5 cm³/mol.